The molecule has 1 heterocycles. The van der Waals surface area contributed by atoms with Crippen molar-refractivity contribution in [1.82, 2.24) is 4.72 Å². The number of aromatic carboxylic acids is 1. The van der Waals surface area contributed by atoms with Gasteiger partial charge in [-0.05, 0) is 38.0 Å². The number of furan rings is 1. The van der Waals surface area contributed by atoms with Gasteiger partial charge in [-0.1, -0.05) is 19.3 Å². The minimum Gasteiger partial charge on any atom is -0.475 e. The Balaban J connectivity index is 1.95. The highest BCUT2D eigenvalue weighted by Crippen LogP contribution is 2.28. The minimum absolute atomic E-state index is 0.0236. The quantitative estimate of drug-likeness (QED) is 0.894. The van der Waals surface area contributed by atoms with Crippen molar-refractivity contribution < 1.29 is 22.7 Å². The number of hydrogen-bond acceptors (Lipinski definition) is 4. The number of sulfonamides is 1. The van der Waals surface area contributed by atoms with Gasteiger partial charge in [0.25, 0.3) is 0 Å². The van der Waals surface area contributed by atoms with Crippen LogP contribution in [0, 0.1) is 6.92 Å². The van der Waals surface area contributed by atoms with Crippen molar-refractivity contribution in [1.29, 1.82) is 0 Å². The molecule has 2 aromatic rings. The smallest absolute Gasteiger partial charge is 0.372 e. The molecular weight excluding hydrogens is 318 g/mol. The molecule has 0 aliphatic heterocycles. The third kappa shape index (κ3) is 3.11. The van der Waals surface area contributed by atoms with Gasteiger partial charge in [0.1, 0.15) is 5.58 Å². The normalized spacial score (nSPS) is 16.7. The summed E-state index contributed by atoms with van der Waals surface area (Å²) in [6, 6.07) is 4.40. The van der Waals surface area contributed by atoms with E-state index in [1.54, 1.807) is 6.92 Å². The summed E-state index contributed by atoms with van der Waals surface area (Å²) in [5, 5.41) is 9.60. The summed E-state index contributed by atoms with van der Waals surface area (Å²) in [7, 11) is -3.62. The molecule has 0 unspecified atom stereocenters. The van der Waals surface area contributed by atoms with Crippen LogP contribution in [0.1, 0.15) is 48.2 Å². The van der Waals surface area contributed by atoms with Crippen molar-refractivity contribution >= 4 is 27.0 Å². The molecule has 0 bridgehead atoms. The lowest BCUT2D eigenvalue weighted by Gasteiger charge is -2.22. The van der Waals surface area contributed by atoms with Crippen molar-refractivity contribution in [2.24, 2.45) is 0 Å². The summed E-state index contributed by atoms with van der Waals surface area (Å²) in [6.07, 6.45) is 4.94. The number of carboxylic acid groups (broad SMARTS) is 1. The Labute approximate surface area is 134 Å². The standard InChI is InChI=1S/C16H19NO5S/c1-10-13-9-12(7-8-14(13)22-15(10)16(18)19)23(20,21)17-11-5-3-2-4-6-11/h7-9,11,17H,2-6H2,1H3,(H,18,19). The molecule has 1 fully saturated rings. The van der Waals surface area contributed by atoms with Crippen LogP contribution in [0.3, 0.4) is 0 Å². The van der Waals surface area contributed by atoms with Gasteiger partial charge in [0.2, 0.25) is 15.8 Å². The molecule has 0 amide bonds. The Morgan fingerprint density at radius 3 is 2.61 bits per heavy atom. The molecule has 0 radical (unpaired) electrons. The Kier molecular flexibility index (Phi) is 4.16. The number of fused-ring (bicyclic) bond motifs is 1. The average molecular weight is 337 g/mol. The SMILES string of the molecule is Cc1c(C(=O)O)oc2ccc(S(=O)(=O)NC3CCCCC3)cc12. The van der Waals surface area contributed by atoms with Crippen molar-refractivity contribution in [3.05, 3.63) is 29.5 Å². The Morgan fingerprint density at radius 2 is 1.96 bits per heavy atom. The van der Waals surface area contributed by atoms with Gasteiger partial charge in [0.05, 0.1) is 4.90 Å². The molecule has 7 heteroatoms. The summed E-state index contributed by atoms with van der Waals surface area (Å²) < 4.78 is 33.1. The Morgan fingerprint density at radius 1 is 1.26 bits per heavy atom. The van der Waals surface area contributed by atoms with Gasteiger partial charge in [-0.25, -0.2) is 17.9 Å². The number of nitrogens with one attached hydrogen (secondary N) is 1. The zero-order valence-electron chi connectivity index (χ0n) is 12.8. The Bertz CT molecular complexity index is 847. The van der Waals surface area contributed by atoms with E-state index >= 15 is 0 Å². The van der Waals surface area contributed by atoms with E-state index in [1.807, 2.05) is 0 Å². The lowest BCUT2D eigenvalue weighted by Crippen LogP contribution is -2.36. The molecule has 124 valence electrons. The van der Waals surface area contributed by atoms with Crippen LogP contribution in [0.15, 0.2) is 27.5 Å². The van der Waals surface area contributed by atoms with E-state index in [9.17, 15) is 13.2 Å². The third-order valence-electron chi connectivity index (χ3n) is 4.34. The van der Waals surface area contributed by atoms with Crippen molar-refractivity contribution in [2.75, 3.05) is 0 Å². The maximum Gasteiger partial charge on any atom is 0.372 e. The van der Waals surface area contributed by atoms with E-state index in [-0.39, 0.29) is 16.7 Å². The topological polar surface area (TPSA) is 96.6 Å². The predicted molar refractivity (Wildman–Crippen MR) is 85.1 cm³/mol. The molecule has 0 atom stereocenters. The fraction of sp³-hybridized carbons (Fsp3) is 0.438. The molecule has 1 aliphatic rings. The fourth-order valence-electron chi connectivity index (χ4n) is 3.08. The monoisotopic (exact) mass is 337 g/mol. The summed E-state index contributed by atoms with van der Waals surface area (Å²) in [5.74, 6) is -1.32. The summed E-state index contributed by atoms with van der Waals surface area (Å²) in [4.78, 5) is 11.2. The van der Waals surface area contributed by atoms with Gasteiger partial charge in [0, 0.05) is 17.0 Å². The average Bonchev–Trinajstić information content (AvgIpc) is 2.85. The molecule has 6 nitrogen and oxygen atoms in total. The molecule has 1 aliphatic carbocycles. The van der Waals surface area contributed by atoms with Gasteiger partial charge in [0.15, 0.2) is 0 Å². The largest absolute Gasteiger partial charge is 0.475 e. The van der Waals surface area contributed by atoms with Crippen LogP contribution in [0.4, 0.5) is 0 Å². The van der Waals surface area contributed by atoms with Crippen LogP contribution >= 0.6 is 0 Å². The van der Waals surface area contributed by atoms with E-state index in [0.717, 1.165) is 32.1 Å². The van der Waals surface area contributed by atoms with Crippen LogP contribution < -0.4 is 4.72 Å². The second-order valence-electron chi connectivity index (χ2n) is 5.98. The van der Waals surface area contributed by atoms with Crippen LogP contribution in [0.25, 0.3) is 11.0 Å². The zero-order valence-corrected chi connectivity index (χ0v) is 13.6. The highest BCUT2D eigenvalue weighted by molar-refractivity contribution is 7.89. The van der Waals surface area contributed by atoms with E-state index in [0.29, 0.717) is 16.5 Å². The maximum atomic E-state index is 12.5. The van der Waals surface area contributed by atoms with Crippen molar-refractivity contribution in [3.63, 3.8) is 0 Å². The lowest BCUT2D eigenvalue weighted by atomic mass is 9.96. The summed E-state index contributed by atoms with van der Waals surface area (Å²) in [5.41, 5.74) is 0.804. The third-order valence-corrected chi connectivity index (χ3v) is 5.86. The Hall–Kier alpha value is -1.86. The number of benzene rings is 1. The highest BCUT2D eigenvalue weighted by Gasteiger charge is 2.24. The van der Waals surface area contributed by atoms with Gasteiger partial charge in [-0.3, -0.25) is 0 Å². The highest BCUT2D eigenvalue weighted by atomic mass is 32.2. The summed E-state index contributed by atoms with van der Waals surface area (Å²) in [6.45, 7) is 1.61. The van der Waals surface area contributed by atoms with Gasteiger partial charge < -0.3 is 9.52 Å². The van der Waals surface area contributed by atoms with Crippen LogP contribution in [-0.2, 0) is 10.0 Å². The molecule has 3 rings (SSSR count). The van der Waals surface area contributed by atoms with Crippen molar-refractivity contribution in [3.8, 4) is 0 Å². The molecule has 1 aromatic heterocycles. The first-order valence-corrected chi connectivity index (χ1v) is 9.15. The zero-order chi connectivity index (χ0) is 16.6. The van der Waals surface area contributed by atoms with Gasteiger partial charge in [-0.15, -0.1) is 0 Å². The molecule has 0 saturated heterocycles. The lowest BCUT2D eigenvalue weighted by molar-refractivity contribution is 0.0664. The molecule has 1 saturated carbocycles. The van der Waals surface area contributed by atoms with Crippen LogP contribution in [0.5, 0.6) is 0 Å². The predicted octanol–water partition coefficient (Wildman–Crippen LogP) is 3.05. The van der Waals surface area contributed by atoms with E-state index < -0.39 is 16.0 Å². The molecule has 23 heavy (non-hydrogen) atoms. The summed E-state index contributed by atoms with van der Waals surface area (Å²) >= 11 is 0. The second-order valence-corrected chi connectivity index (χ2v) is 7.69. The number of aryl methyl sites for hydroxylation is 1. The number of rotatable bonds is 4. The van der Waals surface area contributed by atoms with E-state index in [4.69, 9.17) is 9.52 Å². The molecule has 0 spiro atoms. The second kappa shape index (κ2) is 5.98. The first-order valence-electron chi connectivity index (χ1n) is 7.67. The van der Waals surface area contributed by atoms with Gasteiger partial charge in [-0.2, -0.15) is 0 Å². The molecule has 1 aromatic carbocycles. The maximum absolute atomic E-state index is 12.5. The van der Waals surface area contributed by atoms with Crippen molar-refractivity contribution in [2.45, 2.75) is 50.0 Å². The van der Waals surface area contributed by atoms with E-state index in [1.165, 1.54) is 18.2 Å². The number of hydrogen-bond donors (Lipinski definition) is 2. The molecular formula is C16H19NO5S. The van der Waals surface area contributed by atoms with Gasteiger partial charge >= 0.3 is 5.97 Å². The number of carbonyl (C=O) groups is 1. The van der Waals surface area contributed by atoms with E-state index in [2.05, 4.69) is 4.72 Å². The fourth-order valence-corrected chi connectivity index (χ4v) is 4.41. The minimum atomic E-state index is -3.62. The first kappa shape index (κ1) is 16.0. The number of carboxylic acids is 1. The molecule has 2 N–H and O–H groups in total. The first-order chi connectivity index (χ1) is 10.9. The van der Waals surface area contributed by atoms with Crippen LogP contribution in [-0.4, -0.2) is 25.5 Å². The van der Waals surface area contributed by atoms with Crippen LogP contribution in [0.2, 0.25) is 0 Å².